The van der Waals surface area contributed by atoms with Crippen molar-refractivity contribution in [2.75, 3.05) is 19.8 Å². The van der Waals surface area contributed by atoms with Gasteiger partial charge in [0.1, 0.15) is 15.7 Å². The minimum absolute atomic E-state index is 0.0137. The van der Waals surface area contributed by atoms with Gasteiger partial charge in [-0.1, -0.05) is 27.7 Å². The first-order valence-corrected chi connectivity index (χ1v) is 10.1. The van der Waals surface area contributed by atoms with Gasteiger partial charge in [-0.25, -0.2) is 0 Å². The maximum atomic E-state index is 12.9. The number of carbonyl (C=O) groups is 1. The van der Waals surface area contributed by atoms with E-state index >= 15 is 0 Å². The Morgan fingerprint density at radius 3 is 2.67 bits per heavy atom. The average molecular weight is 375 g/mol. The summed E-state index contributed by atoms with van der Waals surface area (Å²) in [6.45, 7) is 9.49. The molecule has 2 bridgehead atoms. The number of nitrogens with one attached hydrogen (secondary N) is 1. The first-order valence-electron chi connectivity index (χ1n) is 10.1. The highest BCUT2D eigenvalue weighted by atomic mass is 16.6. The summed E-state index contributed by atoms with van der Waals surface area (Å²) in [6, 6.07) is -0.831. The van der Waals surface area contributed by atoms with Crippen LogP contribution < -0.4 is 5.32 Å². The van der Waals surface area contributed by atoms with Gasteiger partial charge in [-0.2, -0.15) is 0 Å². The largest absolute Gasteiger partial charge is 0.382 e. The summed E-state index contributed by atoms with van der Waals surface area (Å²) < 4.78 is 23.3. The summed E-state index contributed by atoms with van der Waals surface area (Å²) in [6.07, 6.45) is 1.35. The second kappa shape index (κ2) is 8.44. The number of rotatable bonds is 8. The lowest BCUT2D eigenvalue weighted by atomic mass is 9.77. The molecule has 0 aromatic heterocycles. The molecule has 1 N–H and O–H groups in total. The molecule has 1 amide bonds. The van der Waals surface area contributed by atoms with Crippen LogP contribution in [-0.2, 0) is 23.7 Å². The summed E-state index contributed by atoms with van der Waals surface area (Å²) in [5, 5.41) is 2.94. The van der Waals surface area contributed by atoms with Gasteiger partial charge in [-0.3, -0.25) is 4.79 Å². The van der Waals surface area contributed by atoms with Crippen molar-refractivity contribution in [2.45, 2.75) is 76.5 Å². The minimum Gasteiger partial charge on any atom is -0.382 e. The fourth-order valence-corrected chi connectivity index (χ4v) is 4.72. The van der Waals surface area contributed by atoms with Crippen LogP contribution in [0, 0.1) is 17.8 Å². The van der Waals surface area contributed by atoms with Gasteiger partial charge in [-0.05, 0) is 24.7 Å². The van der Waals surface area contributed by atoms with Gasteiger partial charge in [0.2, 0.25) is 0 Å². The predicted molar refractivity (Wildman–Crippen MR) is 103 cm³/mol. The van der Waals surface area contributed by atoms with Gasteiger partial charge in [0.25, 0.3) is 5.91 Å². The topological polar surface area (TPSA) is 66.0 Å². The molecular weight excluding hydrogens is 344 g/mol. The number of ether oxygens (including phenoxy) is 4. The standard InChI is InChI=1S/C19H31B2NO5/c1-10(2)7-13-12(8-14(20)26-13)24-6-5-22-18(23)19-9-25-16(17(21)27-19)15(19)11(3)4/h10-17H,5-9H2,1-4H3,(H,22,23)/t12?,13-,14-,15?,16+,17-,19+/m1/s1. The van der Waals surface area contributed by atoms with Gasteiger partial charge in [0.05, 0.1) is 31.5 Å². The van der Waals surface area contributed by atoms with Gasteiger partial charge in [-0.15, -0.1) is 0 Å². The zero-order chi connectivity index (χ0) is 19.8. The Balaban J connectivity index is 1.48. The van der Waals surface area contributed by atoms with E-state index < -0.39 is 11.6 Å². The van der Waals surface area contributed by atoms with E-state index in [1.54, 1.807) is 0 Å². The molecule has 3 aliphatic heterocycles. The molecule has 0 aromatic rings. The zero-order valence-electron chi connectivity index (χ0n) is 16.9. The fourth-order valence-electron chi connectivity index (χ4n) is 4.72. The van der Waals surface area contributed by atoms with E-state index in [4.69, 9.17) is 34.6 Å². The van der Waals surface area contributed by atoms with Crippen LogP contribution in [0.15, 0.2) is 0 Å². The number of hydrogen-bond donors (Lipinski definition) is 1. The molecule has 27 heavy (non-hydrogen) atoms. The van der Waals surface area contributed by atoms with Crippen LogP contribution in [0.4, 0.5) is 0 Å². The summed E-state index contributed by atoms with van der Waals surface area (Å²) in [5.74, 6) is 0.544. The van der Waals surface area contributed by atoms with Gasteiger partial charge in [0.15, 0.2) is 5.60 Å². The normalized spacial score (nSPS) is 41.0. The van der Waals surface area contributed by atoms with Crippen molar-refractivity contribution in [2.24, 2.45) is 17.8 Å². The molecule has 3 heterocycles. The summed E-state index contributed by atoms with van der Waals surface area (Å²) in [4.78, 5) is 12.9. The Kier molecular flexibility index (Phi) is 6.61. The molecule has 8 heteroatoms. The molecule has 7 atom stereocenters. The van der Waals surface area contributed by atoms with Crippen molar-refractivity contribution in [3.05, 3.63) is 0 Å². The van der Waals surface area contributed by atoms with E-state index in [9.17, 15) is 4.79 Å². The molecule has 3 saturated heterocycles. The van der Waals surface area contributed by atoms with Crippen molar-refractivity contribution in [3.8, 4) is 0 Å². The van der Waals surface area contributed by atoms with E-state index in [1.165, 1.54) is 0 Å². The number of carbonyl (C=O) groups excluding carboxylic acids is 1. The van der Waals surface area contributed by atoms with Gasteiger partial charge >= 0.3 is 0 Å². The van der Waals surface area contributed by atoms with Crippen LogP contribution in [0.1, 0.15) is 40.5 Å². The van der Waals surface area contributed by atoms with Crippen LogP contribution in [0.3, 0.4) is 0 Å². The SMILES string of the molecule is [B][C@@H]1O[C@@]2(C(=O)NCCOC3C[C@H]([B])O[C@@H]3CC(C)C)CO[C@H]1C2C(C)C. The highest BCUT2D eigenvalue weighted by molar-refractivity contribution is 6.12. The Morgan fingerprint density at radius 2 is 2.04 bits per heavy atom. The summed E-state index contributed by atoms with van der Waals surface area (Å²) in [7, 11) is 11.9. The lowest BCUT2D eigenvalue weighted by Gasteiger charge is -2.31. The van der Waals surface area contributed by atoms with E-state index in [1.807, 2.05) is 0 Å². The molecule has 2 unspecified atom stereocenters. The highest BCUT2D eigenvalue weighted by Crippen LogP contribution is 2.47. The molecule has 3 fully saturated rings. The number of hydrogen-bond acceptors (Lipinski definition) is 5. The van der Waals surface area contributed by atoms with Crippen LogP contribution >= 0.6 is 0 Å². The Morgan fingerprint density at radius 1 is 1.30 bits per heavy atom. The first-order chi connectivity index (χ1) is 12.7. The Bertz CT molecular complexity index is 534. The van der Waals surface area contributed by atoms with Crippen LogP contribution in [0.25, 0.3) is 0 Å². The van der Waals surface area contributed by atoms with E-state index in [0.29, 0.717) is 25.5 Å². The van der Waals surface area contributed by atoms with Crippen molar-refractivity contribution in [3.63, 3.8) is 0 Å². The molecule has 0 aromatic carbocycles. The van der Waals surface area contributed by atoms with Gasteiger partial charge in [0, 0.05) is 24.5 Å². The smallest absolute Gasteiger partial charge is 0.255 e. The van der Waals surface area contributed by atoms with E-state index in [-0.39, 0.29) is 48.7 Å². The molecule has 6 nitrogen and oxygen atoms in total. The number of amides is 1. The molecule has 4 radical (unpaired) electrons. The maximum Gasteiger partial charge on any atom is 0.255 e. The maximum absolute atomic E-state index is 12.9. The van der Waals surface area contributed by atoms with Crippen molar-refractivity contribution >= 4 is 21.6 Å². The van der Waals surface area contributed by atoms with Crippen molar-refractivity contribution in [1.82, 2.24) is 5.32 Å². The Labute approximate surface area is 165 Å². The first kappa shape index (κ1) is 21.2. The Hall–Kier alpha value is -0.560. The van der Waals surface area contributed by atoms with Crippen LogP contribution in [0.5, 0.6) is 0 Å². The van der Waals surface area contributed by atoms with Crippen molar-refractivity contribution in [1.29, 1.82) is 0 Å². The third-order valence-electron chi connectivity index (χ3n) is 5.81. The highest BCUT2D eigenvalue weighted by Gasteiger charge is 2.64. The van der Waals surface area contributed by atoms with Crippen molar-refractivity contribution < 1.29 is 23.7 Å². The minimum atomic E-state index is -0.989. The third-order valence-corrected chi connectivity index (χ3v) is 5.81. The lowest BCUT2D eigenvalue weighted by Crippen LogP contribution is -2.54. The van der Waals surface area contributed by atoms with Crippen LogP contribution in [0.2, 0.25) is 0 Å². The van der Waals surface area contributed by atoms with Crippen LogP contribution in [-0.4, -0.2) is 77.3 Å². The van der Waals surface area contributed by atoms with Gasteiger partial charge < -0.3 is 24.3 Å². The number of fused-ring (bicyclic) bond motifs is 2. The molecule has 0 spiro atoms. The quantitative estimate of drug-likeness (QED) is 0.501. The zero-order valence-corrected chi connectivity index (χ0v) is 16.9. The molecule has 0 aliphatic carbocycles. The molecule has 3 rings (SSSR count). The second-order valence-corrected chi connectivity index (χ2v) is 8.76. The second-order valence-electron chi connectivity index (χ2n) is 8.76. The molecule has 148 valence electrons. The summed E-state index contributed by atoms with van der Waals surface area (Å²) >= 11 is 0. The van der Waals surface area contributed by atoms with E-state index in [2.05, 4.69) is 33.0 Å². The molecular formula is C19H31B2NO5. The van der Waals surface area contributed by atoms with E-state index in [0.717, 1.165) is 6.42 Å². The fraction of sp³-hybridized carbons (Fsp3) is 0.947. The third kappa shape index (κ3) is 4.24. The lowest BCUT2D eigenvalue weighted by molar-refractivity contribution is -0.159. The monoisotopic (exact) mass is 375 g/mol. The average Bonchev–Trinajstić information content (AvgIpc) is 3.20. The molecule has 0 saturated carbocycles. The predicted octanol–water partition coefficient (Wildman–Crippen LogP) is 0.752. The molecule has 3 aliphatic rings. The summed E-state index contributed by atoms with van der Waals surface area (Å²) in [5.41, 5.74) is -0.989.